The van der Waals surface area contributed by atoms with Crippen molar-refractivity contribution in [3.8, 4) is 6.01 Å². The second-order valence-electron chi connectivity index (χ2n) is 4.52. The summed E-state index contributed by atoms with van der Waals surface area (Å²) in [5, 5.41) is 2.88. The molecule has 8 heteroatoms. The Bertz CT molecular complexity index is 481. The van der Waals surface area contributed by atoms with Gasteiger partial charge in [-0.25, -0.2) is 0 Å². The molecule has 1 amide bonds. The molecule has 0 saturated carbocycles. The van der Waals surface area contributed by atoms with E-state index in [1.165, 1.54) is 0 Å². The van der Waals surface area contributed by atoms with Crippen molar-refractivity contribution in [2.45, 2.75) is 13.3 Å². The number of carbonyl (C=O) groups is 1. The van der Waals surface area contributed by atoms with Crippen LogP contribution in [0.15, 0.2) is 0 Å². The average molecular weight is 280 g/mol. The molecule has 8 nitrogen and oxygen atoms in total. The molecule has 2 heterocycles. The summed E-state index contributed by atoms with van der Waals surface area (Å²) in [7, 11) is 3.54. The van der Waals surface area contributed by atoms with Gasteiger partial charge in [0.25, 0.3) is 0 Å². The van der Waals surface area contributed by atoms with E-state index >= 15 is 0 Å². The van der Waals surface area contributed by atoms with Crippen molar-refractivity contribution < 1.29 is 9.53 Å². The van der Waals surface area contributed by atoms with Crippen LogP contribution >= 0.6 is 0 Å². The predicted molar refractivity (Wildman–Crippen MR) is 75.0 cm³/mol. The first kappa shape index (κ1) is 14.3. The third-order valence-electron chi connectivity index (χ3n) is 3.06. The first-order chi connectivity index (χ1) is 9.63. The van der Waals surface area contributed by atoms with E-state index < -0.39 is 0 Å². The van der Waals surface area contributed by atoms with Gasteiger partial charge in [0.2, 0.25) is 17.8 Å². The fourth-order valence-electron chi connectivity index (χ4n) is 1.95. The first-order valence-electron chi connectivity index (χ1n) is 6.69. The molecule has 1 N–H and O–H groups in total. The van der Waals surface area contributed by atoms with Gasteiger partial charge in [-0.2, -0.15) is 15.0 Å². The number of rotatable bonds is 4. The van der Waals surface area contributed by atoms with Crippen molar-refractivity contribution in [3.05, 3.63) is 0 Å². The maximum atomic E-state index is 11.9. The zero-order valence-electron chi connectivity index (χ0n) is 12.1. The molecule has 2 rings (SSSR count). The number of amides is 1. The van der Waals surface area contributed by atoms with Crippen LogP contribution in [0.25, 0.3) is 0 Å². The Morgan fingerprint density at radius 3 is 2.80 bits per heavy atom. The third-order valence-corrected chi connectivity index (χ3v) is 3.06. The Kier molecular flexibility index (Phi) is 4.54. The van der Waals surface area contributed by atoms with Gasteiger partial charge in [-0.15, -0.1) is 0 Å². The van der Waals surface area contributed by atoms with Gasteiger partial charge in [0.05, 0.1) is 13.2 Å². The molecule has 0 aromatic carbocycles. The van der Waals surface area contributed by atoms with Crippen LogP contribution in [0, 0.1) is 0 Å². The Labute approximate surface area is 118 Å². The summed E-state index contributed by atoms with van der Waals surface area (Å²) in [5.74, 6) is 0.965. The number of ether oxygens (including phenoxy) is 1. The van der Waals surface area contributed by atoms with Gasteiger partial charge < -0.3 is 19.9 Å². The molecule has 0 unspecified atom stereocenters. The van der Waals surface area contributed by atoms with E-state index in [4.69, 9.17) is 4.74 Å². The lowest BCUT2D eigenvalue weighted by Gasteiger charge is -2.20. The van der Waals surface area contributed by atoms with Gasteiger partial charge in [0, 0.05) is 27.2 Å². The van der Waals surface area contributed by atoms with Crippen molar-refractivity contribution in [3.63, 3.8) is 0 Å². The largest absolute Gasteiger partial charge is 0.464 e. The molecule has 1 fully saturated rings. The van der Waals surface area contributed by atoms with Crippen LogP contribution < -0.4 is 15.0 Å². The number of nitrogens with zero attached hydrogens (tertiary/aromatic N) is 5. The number of anilines is 2. The molecule has 0 bridgehead atoms. The normalized spacial score (nSPS) is 16.1. The molecule has 1 aliphatic heterocycles. The molecule has 0 aliphatic carbocycles. The maximum Gasteiger partial charge on any atom is 0.323 e. The Balaban J connectivity index is 2.25. The van der Waals surface area contributed by atoms with Crippen LogP contribution in [0.4, 0.5) is 11.9 Å². The number of nitrogens with one attached hydrogen (secondary N) is 1. The zero-order valence-corrected chi connectivity index (χ0v) is 12.1. The van der Waals surface area contributed by atoms with Crippen LogP contribution in [0.5, 0.6) is 6.01 Å². The molecular formula is C12H20N6O2. The molecule has 0 atom stereocenters. The molecular weight excluding hydrogens is 260 g/mol. The lowest BCUT2D eigenvalue weighted by atomic mass is 10.4. The predicted octanol–water partition coefficient (Wildman–Crippen LogP) is -0.0195. The monoisotopic (exact) mass is 280 g/mol. The third kappa shape index (κ3) is 3.25. The van der Waals surface area contributed by atoms with E-state index in [0.717, 1.165) is 19.5 Å². The minimum atomic E-state index is 0.0619. The topological polar surface area (TPSA) is 83.5 Å². The minimum Gasteiger partial charge on any atom is -0.464 e. The summed E-state index contributed by atoms with van der Waals surface area (Å²) in [6.07, 6.45) is 0.882. The van der Waals surface area contributed by atoms with E-state index in [1.54, 1.807) is 11.9 Å². The van der Waals surface area contributed by atoms with E-state index in [2.05, 4.69) is 20.3 Å². The molecule has 20 heavy (non-hydrogen) atoms. The number of aromatic nitrogens is 3. The number of likely N-dealkylation sites (N-methyl/N-ethyl adjacent to an activating group) is 1. The Morgan fingerprint density at radius 1 is 1.30 bits per heavy atom. The van der Waals surface area contributed by atoms with Gasteiger partial charge in [-0.05, 0) is 13.3 Å². The molecule has 1 aromatic rings. The van der Waals surface area contributed by atoms with Crippen molar-refractivity contribution in [2.75, 3.05) is 50.6 Å². The summed E-state index contributed by atoms with van der Waals surface area (Å²) < 4.78 is 5.33. The van der Waals surface area contributed by atoms with Gasteiger partial charge in [-0.3, -0.25) is 4.79 Å². The maximum absolute atomic E-state index is 11.9. The molecule has 110 valence electrons. The van der Waals surface area contributed by atoms with E-state index in [0.29, 0.717) is 18.5 Å². The fourth-order valence-corrected chi connectivity index (χ4v) is 1.95. The number of hydrogen-bond donors (Lipinski definition) is 1. The standard InChI is InChI=1S/C12H20N6O2/c1-4-20-12-15-10(13-2)14-11(16-12)18-7-5-6-17(3)9(19)8-18/h4-8H2,1-3H3,(H,13,14,15,16). The SMILES string of the molecule is CCOc1nc(NC)nc(N2CCCN(C)C(=O)C2)n1. The van der Waals surface area contributed by atoms with Gasteiger partial charge in [0.1, 0.15) is 0 Å². The van der Waals surface area contributed by atoms with Crippen molar-refractivity contribution in [1.82, 2.24) is 19.9 Å². The van der Waals surface area contributed by atoms with Gasteiger partial charge >= 0.3 is 6.01 Å². The highest BCUT2D eigenvalue weighted by atomic mass is 16.5. The van der Waals surface area contributed by atoms with Crippen LogP contribution in [0.2, 0.25) is 0 Å². The van der Waals surface area contributed by atoms with Gasteiger partial charge in [0.15, 0.2) is 0 Å². The minimum absolute atomic E-state index is 0.0619. The molecule has 0 spiro atoms. The van der Waals surface area contributed by atoms with Crippen LogP contribution in [0.1, 0.15) is 13.3 Å². The number of carbonyl (C=O) groups excluding carboxylic acids is 1. The fraction of sp³-hybridized carbons (Fsp3) is 0.667. The van der Waals surface area contributed by atoms with Crippen LogP contribution in [0.3, 0.4) is 0 Å². The summed E-state index contributed by atoms with van der Waals surface area (Å²) in [4.78, 5) is 28.2. The molecule has 1 aliphatic rings. The molecule has 0 radical (unpaired) electrons. The van der Waals surface area contributed by atoms with E-state index in [1.807, 2.05) is 18.9 Å². The van der Waals surface area contributed by atoms with Crippen LogP contribution in [-0.2, 0) is 4.79 Å². The molecule has 1 saturated heterocycles. The lowest BCUT2D eigenvalue weighted by molar-refractivity contribution is -0.127. The summed E-state index contributed by atoms with van der Waals surface area (Å²) in [6.45, 7) is 4.10. The highest BCUT2D eigenvalue weighted by Gasteiger charge is 2.22. The lowest BCUT2D eigenvalue weighted by Crippen LogP contribution is -2.35. The van der Waals surface area contributed by atoms with Crippen LogP contribution in [-0.4, -0.2) is 66.1 Å². The summed E-state index contributed by atoms with van der Waals surface area (Å²) in [5.41, 5.74) is 0. The molecule has 1 aromatic heterocycles. The van der Waals surface area contributed by atoms with Crippen molar-refractivity contribution in [2.24, 2.45) is 0 Å². The van der Waals surface area contributed by atoms with Crippen molar-refractivity contribution >= 4 is 17.8 Å². The van der Waals surface area contributed by atoms with Crippen molar-refractivity contribution in [1.29, 1.82) is 0 Å². The smallest absolute Gasteiger partial charge is 0.323 e. The second kappa shape index (κ2) is 6.36. The van der Waals surface area contributed by atoms with E-state index in [9.17, 15) is 4.79 Å². The average Bonchev–Trinajstić information content (AvgIpc) is 2.61. The van der Waals surface area contributed by atoms with Gasteiger partial charge in [-0.1, -0.05) is 0 Å². The highest BCUT2D eigenvalue weighted by molar-refractivity contribution is 5.81. The number of hydrogen-bond acceptors (Lipinski definition) is 7. The summed E-state index contributed by atoms with van der Waals surface area (Å²) in [6, 6.07) is 0.270. The second-order valence-corrected chi connectivity index (χ2v) is 4.52. The zero-order chi connectivity index (χ0) is 14.5. The Hall–Kier alpha value is -2.12. The van der Waals surface area contributed by atoms with E-state index in [-0.39, 0.29) is 18.5 Å². The Morgan fingerprint density at radius 2 is 2.10 bits per heavy atom. The first-order valence-corrected chi connectivity index (χ1v) is 6.69. The highest BCUT2D eigenvalue weighted by Crippen LogP contribution is 2.16. The quantitative estimate of drug-likeness (QED) is 0.829. The summed E-state index contributed by atoms with van der Waals surface area (Å²) >= 11 is 0.